The SMILES string of the molecule is CN(C)C(C(=O)Nc1ccccn1)c1ccccc1. The fraction of sp³-hybridized carbons (Fsp3) is 0.200. The van der Waals surface area contributed by atoms with Crippen LogP contribution in [0.2, 0.25) is 0 Å². The number of anilines is 1. The quantitative estimate of drug-likeness (QED) is 0.912. The predicted molar refractivity (Wildman–Crippen MR) is 75.7 cm³/mol. The molecule has 0 bridgehead atoms. The van der Waals surface area contributed by atoms with Crippen LogP contribution in [-0.4, -0.2) is 29.9 Å². The Bertz CT molecular complexity index is 526. The summed E-state index contributed by atoms with van der Waals surface area (Å²) in [6.07, 6.45) is 1.66. The Hall–Kier alpha value is -2.20. The maximum Gasteiger partial charge on any atom is 0.247 e. The van der Waals surface area contributed by atoms with E-state index in [4.69, 9.17) is 0 Å². The molecule has 1 atom stereocenters. The van der Waals surface area contributed by atoms with Crippen molar-refractivity contribution in [2.75, 3.05) is 19.4 Å². The van der Waals surface area contributed by atoms with Crippen molar-refractivity contribution in [3.63, 3.8) is 0 Å². The number of nitrogens with one attached hydrogen (secondary N) is 1. The number of hydrogen-bond acceptors (Lipinski definition) is 3. The van der Waals surface area contributed by atoms with E-state index in [0.717, 1.165) is 5.56 Å². The van der Waals surface area contributed by atoms with E-state index >= 15 is 0 Å². The summed E-state index contributed by atoms with van der Waals surface area (Å²) in [7, 11) is 3.77. The summed E-state index contributed by atoms with van der Waals surface area (Å²) in [5.74, 6) is 0.477. The van der Waals surface area contributed by atoms with E-state index in [-0.39, 0.29) is 11.9 Å². The first-order valence-corrected chi connectivity index (χ1v) is 6.12. The van der Waals surface area contributed by atoms with Crippen LogP contribution in [0.15, 0.2) is 54.7 Å². The first-order valence-electron chi connectivity index (χ1n) is 6.12. The molecule has 0 aliphatic carbocycles. The van der Waals surface area contributed by atoms with E-state index in [1.54, 1.807) is 12.3 Å². The Balaban J connectivity index is 2.19. The minimum Gasteiger partial charge on any atom is -0.309 e. The number of benzene rings is 1. The van der Waals surface area contributed by atoms with Crippen LogP contribution in [0.1, 0.15) is 11.6 Å². The summed E-state index contributed by atoms with van der Waals surface area (Å²) in [5, 5.41) is 2.83. The van der Waals surface area contributed by atoms with Gasteiger partial charge in [-0.15, -0.1) is 0 Å². The van der Waals surface area contributed by atoms with Gasteiger partial charge in [-0.1, -0.05) is 36.4 Å². The van der Waals surface area contributed by atoms with Crippen LogP contribution in [0.3, 0.4) is 0 Å². The van der Waals surface area contributed by atoms with E-state index in [0.29, 0.717) is 5.82 Å². The second-order valence-corrected chi connectivity index (χ2v) is 4.48. The minimum atomic E-state index is -0.330. The molecule has 1 aromatic carbocycles. The number of carbonyl (C=O) groups is 1. The van der Waals surface area contributed by atoms with Crippen LogP contribution >= 0.6 is 0 Å². The molecule has 0 spiro atoms. The van der Waals surface area contributed by atoms with Gasteiger partial charge in [0.15, 0.2) is 0 Å². The molecule has 0 aliphatic rings. The molecule has 1 amide bonds. The van der Waals surface area contributed by atoms with Crippen molar-refractivity contribution in [1.82, 2.24) is 9.88 Å². The zero-order valence-corrected chi connectivity index (χ0v) is 11.1. The van der Waals surface area contributed by atoms with Gasteiger partial charge in [-0.3, -0.25) is 9.69 Å². The third kappa shape index (κ3) is 3.39. The molecule has 1 unspecified atom stereocenters. The maximum absolute atomic E-state index is 12.4. The highest BCUT2D eigenvalue weighted by molar-refractivity contribution is 5.94. The Morgan fingerprint density at radius 2 is 1.79 bits per heavy atom. The van der Waals surface area contributed by atoms with Crippen LogP contribution in [0.25, 0.3) is 0 Å². The zero-order valence-electron chi connectivity index (χ0n) is 11.1. The van der Waals surface area contributed by atoms with Crippen molar-refractivity contribution >= 4 is 11.7 Å². The van der Waals surface area contributed by atoms with Crippen molar-refractivity contribution in [3.05, 3.63) is 60.3 Å². The molecule has 0 aliphatic heterocycles. The Morgan fingerprint density at radius 1 is 1.11 bits per heavy atom. The molecule has 1 heterocycles. The normalized spacial score (nSPS) is 12.2. The van der Waals surface area contributed by atoms with Gasteiger partial charge in [-0.2, -0.15) is 0 Å². The van der Waals surface area contributed by atoms with E-state index < -0.39 is 0 Å². The lowest BCUT2D eigenvalue weighted by molar-refractivity contribution is -0.120. The van der Waals surface area contributed by atoms with Crippen molar-refractivity contribution in [2.24, 2.45) is 0 Å². The van der Waals surface area contributed by atoms with Gasteiger partial charge in [0.25, 0.3) is 0 Å². The summed E-state index contributed by atoms with van der Waals surface area (Å²) >= 11 is 0. The lowest BCUT2D eigenvalue weighted by Crippen LogP contribution is -2.32. The Labute approximate surface area is 113 Å². The minimum absolute atomic E-state index is 0.0881. The number of nitrogens with zero attached hydrogens (tertiary/aromatic N) is 2. The number of amides is 1. The molecular weight excluding hydrogens is 238 g/mol. The topological polar surface area (TPSA) is 45.2 Å². The Kier molecular flexibility index (Phi) is 4.26. The third-order valence-corrected chi connectivity index (χ3v) is 2.80. The van der Waals surface area contributed by atoms with Crippen molar-refractivity contribution in [2.45, 2.75) is 6.04 Å². The van der Waals surface area contributed by atoms with Gasteiger partial charge in [0, 0.05) is 6.20 Å². The van der Waals surface area contributed by atoms with Gasteiger partial charge in [-0.05, 0) is 31.8 Å². The van der Waals surface area contributed by atoms with Crippen molar-refractivity contribution < 1.29 is 4.79 Å². The number of likely N-dealkylation sites (N-methyl/N-ethyl adjacent to an activating group) is 1. The summed E-state index contributed by atoms with van der Waals surface area (Å²) in [6.45, 7) is 0. The average molecular weight is 255 g/mol. The summed E-state index contributed by atoms with van der Waals surface area (Å²) in [4.78, 5) is 18.3. The molecule has 19 heavy (non-hydrogen) atoms. The first-order chi connectivity index (χ1) is 9.18. The van der Waals surface area contributed by atoms with E-state index in [9.17, 15) is 4.79 Å². The number of rotatable bonds is 4. The molecule has 2 rings (SSSR count). The van der Waals surface area contributed by atoms with E-state index in [1.807, 2.05) is 61.5 Å². The summed E-state index contributed by atoms with van der Waals surface area (Å²) < 4.78 is 0. The molecule has 2 aromatic rings. The molecule has 1 aromatic heterocycles. The second-order valence-electron chi connectivity index (χ2n) is 4.48. The standard InChI is InChI=1S/C15H17N3O/c1-18(2)14(12-8-4-3-5-9-12)15(19)17-13-10-6-7-11-16-13/h3-11,14H,1-2H3,(H,16,17,19). The lowest BCUT2D eigenvalue weighted by Gasteiger charge is -2.23. The fourth-order valence-electron chi connectivity index (χ4n) is 1.95. The summed E-state index contributed by atoms with van der Waals surface area (Å²) in [6, 6.07) is 14.8. The lowest BCUT2D eigenvalue weighted by atomic mass is 10.1. The van der Waals surface area contributed by atoms with E-state index in [2.05, 4.69) is 10.3 Å². The molecule has 4 nitrogen and oxygen atoms in total. The van der Waals surface area contributed by atoms with Gasteiger partial charge in [-0.25, -0.2) is 4.98 Å². The number of pyridine rings is 1. The first kappa shape index (κ1) is 13.2. The van der Waals surface area contributed by atoms with Gasteiger partial charge in [0.1, 0.15) is 11.9 Å². The van der Waals surface area contributed by atoms with E-state index in [1.165, 1.54) is 0 Å². The maximum atomic E-state index is 12.4. The molecule has 4 heteroatoms. The number of carbonyl (C=O) groups excluding carboxylic acids is 1. The van der Waals surface area contributed by atoms with Crippen LogP contribution in [0.4, 0.5) is 5.82 Å². The van der Waals surface area contributed by atoms with Crippen molar-refractivity contribution in [3.8, 4) is 0 Å². The predicted octanol–water partition coefficient (Wildman–Crippen LogP) is 2.32. The highest BCUT2D eigenvalue weighted by atomic mass is 16.2. The van der Waals surface area contributed by atoms with Crippen molar-refractivity contribution in [1.29, 1.82) is 0 Å². The fourth-order valence-corrected chi connectivity index (χ4v) is 1.95. The Morgan fingerprint density at radius 3 is 2.37 bits per heavy atom. The highest BCUT2D eigenvalue weighted by Gasteiger charge is 2.22. The molecule has 0 radical (unpaired) electrons. The molecule has 0 saturated carbocycles. The van der Waals surface area contributed by atoms with Gasteiger partial charge < -0.3 is 5.32 Å². The molecular formula is C15H17N3O. The number of aromatic nitrogens is 1. The smallest absolute Gasteiger partial charge is 0.247 e. The molecule has 0 saturated heterocycles. The largest absolute Gasteiger partial charge is 0.309 e. The van der Waals surface area contributed by atoms with Crippen LogP contribution in [0.5, 0.6) is 0 Å². The van der Waals surface area contributed by atoms with Gasteiger partial charge >= 0.3 is 0 Å². The van der Waals surface area contributed by atoms with Gasteiger partial charge in [0.2, 0.25) is 5.91 Å². The molecule has 1 N–H and O–H groups in total. The average Bonchev–Trinajstić information content (AvgIpc) is 2.40. The molecule has 98 valence electrons. The summed E-state index contributed by atoms with van der Waals surface area (Å²) in [5.41, 5.74) is 0.959. The highest BCUT2D eigenvalue weighted by Crippen LogP contribution is 2.19. The van der Waals surface area contributed by atoms with Crippen LogP contribution in [0, 0.1) is 0 Å². The van der Waals surface area contributed by atoms with Crippen LogP contribution in [-0.2, 0) is 4.79 Å². The van der Waals surface area contributed by atoms with Crippen LogP contribution < -0.4 is 5.32 Å². The third-order valence-electron chi connectivity index (χ3n) is 2.80. The molecule has 0 fully saturated rings. The number of hydrogen-bond donors (Lipinski definition) is 1. The van der Waals surface area contributed by atoms with Gasteiger partial charge in [0.05, 0.1) is 0 Å². The second kappa shape index (κ2) is 6.11. The monoisotopic (exact) mass is 255 g/mol. The zero-order chi connectivity index (χ0) is 13.7.